The highest BCUT2D eigenvalue weighted by atomic mass is 16.5. The van der Waals surface area contributed by atoms with Gasteiger partial charge in [-0.3, -0.25) is 0 Å². The third kappa shape index (κ3) is 2.96. The Kier molecular flexibility index (Phi) is 3.62. The molecule has 15 heavy (non-hydrogen) atoms. The Labute approximate surface area is 91.6 Å². The number of hydrogen-bond acceptors (Lipinski definition) is 2. The summed E-state index contributed by atoms with van der Waals surface area (Å²) in [6.07, 6.45) is 5.06. The van der Waals surface area contributed by atoms with Crippen LogP contribution in [0.25, 0.3) is 0 Å². The van der Waals surface area contributed by atoms with Gasteiger partial charge in [0.25, 0.3) is 0 Å². The lowest BCUT2D eigenvalue weighted by Gasteiger charge is -2.10. The van der Waals surface area contributed by atoms with Crippen molar-refractivity contribution in [3.8, 4) is 5.75 Å². The maximum Gasteiger partial charge on any atom is 0.119 e. The molecule has 0 saturated carbocycles. The van der Waals surface area contributed by atoms with Gasteiger partial charge in [-0.1, -0.05) is 12.1 Å². The predicted octanol–water partition coefficient (Wildman–Crippen LogP) is 2.38. The Bertz CT molecular complexity index is 305. The first-order valence-corrected chi connectivity index (χ1v) is 5.75. The SMILES string of the molecule is COc1cccc(CCC2CCCN2)c1. The molecule has 0 aliphatic carbocycles. The van der Waals surface area contributed by atoms with Crippen LogP contribution < -0.4 is 10.1 Å². The molecule has 2 nitrogen and oxygen atoms in total. The van der Waals surface area contributed by atoms with Gasteiger partial charge in [0.1, 0.15) is 5.75 Å². The first-order chi connectivity index (χ1) is 7.38. The van der Waals surface area contributed by atoms with Gasteiger partial charge in [-0.25, -0.2) is 0 Å². The Morgan fingerprint density at radius 2 is 2.40 bits per heavy atom. The molecule has 2 heteroatoms. The molecule has 1 atom stereocenters. The van der Waals surface area contributed by atoms with Crippen molar-refractivity contribution in [1.29, 1.82) is 0 Å². The molecule has 1 N–H and O–H groups in total. The summed E-state index contributed by atoms with van der Waals surface area (Å²) in [5.41, 5.74) is 1.38. The van der Waals surface area contributed by atoms with E-state index in [2.05, 4.69) is 23.5 Å². The van der Waals surface area contributed by atoms with Crippen LogP contribution in [0.4, 0.5) is 0 Å². The maximum absolute atomic E-state index is 5.21. The largest absolute Gasteiger partial charge is 0.497 e. The molecule has 2 rings (SSSR count). The van der Waals surface area contributed by atoms with Crippen LogP contribution in [0, 0.1) is 0 Å². The van der Waals surface area contributed by atoms with Gasteiger partial charge >= 0.3 is 0 Å². The van der Waals surface area contributed by atoms with Crippen LogP contribution >= 0.6 is 0 Å². The number of benzene rings is 1. The van der Waals surface area contributed by atoms with E-state index in [1.165, 1.54) is 31.4 Å². The summed E-state index contributed by atoms with van der Waals surface area (Å²) in [7, 11) is 1.72. The van der Waals surface area contributed by atoms with E-state index in [0.29, 0.717) is 0 Å². The molecule has 0 amide bonds. The van der Waals surface area contributed by atoms with Crippen molar-refractivity contribution in [3.63, 3.8) is 0 Å². The van der Waals surface area contributed by atoms with Crippen LogP contribution in [0.15, 0.2) is 24.3 Å². The third-order valence-electron chi connectivity index (χ3n) is 3.08. The molecule has 1 aromatic carbocycles. The van der Waals surface area contributed by atoms with Gasteiger partial charge < -0.3 is 10.1 Å². The monoisotopic (exact) mass is 205 g/mol. The van der Waals surface area contributed by atoms with Crippen LogP contribution in [0.2, 0.25) is 0 Å². The second kappa shape index (κ2) is 5.17. The fraction of sp³-hybridized carbons (Fsp3) is 0.538. The summed E-state index contributed by atoms with van der Waals surface area (Å²) in [4.78, 5) is 0. The highest BCUT2D eigenvalue weighted by Crippen LogP contribution is 2.16. The van der Waals surface area contributed by atoms with Crippen LogP contribution in [0.5, 0.6) is 5.75 Å². The average Bonchev–Trinajstić information content (AvgIpc) is 2.79. The topological polar surface area (TPSA) is 21.3 Å². The Hall–Kier alpha value is -1.02. The molecule has 1 heterocycles. The van der Waals surface area contributed by atoms with Gasteiger partial charge in [0, 0.05) is 6.04 Å². The van der Waals surface area contributed by atoms with Crippen LogP contribution in [0.3, 0.4) is 0 Å². The van der Waals surface area contributed by atoms with Gasteiger partial charge in [0.05, 0.1) is 7.11 Å². The summed E-state index contributed by atoms with van der Waals surface area (Å²) in [5.74, 6) is 0.965. The van der Waals surface area contributed by atoms with E-state index in [-0.39, 0.29) is 0 Å². The Morgan fingerprint density at radius 3 is 3.13 bits per heavy atom. The lowest BCUT2D eigenvalue weighted by atomic mass is 10.0. The van der Waals surface area contributed by atoms with Crippen LogP contribution in [-0.2, 0) is 6.42 Å². The number of rotatable bonds is 4. The zero-order chi connectivity index (χ0) is 10.5. The zero-order valence-electron chi connectivity index (χ0n) is 9.33. The standard InChI is InChI=1S/C13H19NO/c1-15-13-6-2-4-11(10-13)7-8-12-5-3-9-14-12/h2,4,6,10,12,14H,3,5,7-9H2,1H3. The number of nitrogens with one attached hydrogen (secondary N) is 1. The van der Waals surface area contributed by atoms with E-state index in [1.54, 1.807) is 7.11 Å². The number of aryl methyl sites for hydroxylation is 1. The van der Waals surface area contributed by atoms with E-state index >= 15 is 0 Å². The second-order valence-corrected chi connectivity index (χ2v) is 4.18. The fourth-order valence-electron chi connectivity index (χ4n) is 2.17. The molecule has 0 spiro atoms. The Balaban J connectivity index is 1.86. The van der Waals surface area contributed by atoms with Gasteiger partial charge in [-0.15, -0.1) is 0 Å². The lowest BCUT2D eigenvalue weighted by molar-refractivity contribution is 0.414. The van der Waals surface area contributed by atoms with Crippen LogP contribution in [0.1, 0.15) is 24.8 Å². The van der Waals surface area contributed by atoms with Gasteiger partial charge in [0.2, 0.25) is 0 Å². The van der Waals surface area contributed by atoms with E-state index in [9.17, 15) is 0 Å². The number of ether oxygens (including phenoxy) is 1. The molecule has 0 aromatic heterocycles. The molecular weight excluding hydrogens is 186 g/mol. The molecule has 82 valence electrons. The van der Waals surface area contributed by atoms with E-state index in [0.717, 1.165) is 18.2 Å². The van der Waals surface area contributed by atoms with E-state index in [4.69, 9.17) is 4.74 Å². The molecule has 1 saturated heterocycles. The summed E-state index contributed by atoms with van der Waals surface area (Å²) in [6.45, 7) is 1.20. The minimum atomic E-state index is 0.733. The number of hydrogen-bond donors (Lipinski definition) is 1. The zero-order valence-corrected chi connectivity index (χ0v) is 9.33. The third-order valence-corrected chi connectivity index (χ3v) is 3.08. The van der Waals surface area contributed by atoms with Gasteiger partial charge in [0.15, 0.2) is 0 Å². The summed E-state index contributed by atoms with van der Waals surface area (Å²) in [5, 5.41) is 3.52. The van der Waals surface area contributed by atoms with Crippen molar-refractivity contribution in [2.45, 2.75) is 31.7 Å². The molecule has 1 aliphatic heterocycles. The molecule has 1 unspecified atom stereocenters. The first-order valence-electron chi connectivity index (χ1n) is 5.75. The average molecular weight is 205 g/mol. The van der Waals surface area contributed by atoms with Crippen molar-refractivity contribution in [3.05, 3.63) is 29.8 Å². The molecule has 0 bridgehead atoms. The molecule has 1 aliphatic rings. The minimum Gasteiger partial charge on any atom is -0.497 e. The van der Waals surface area contributed by atoms with Crippen molar-refractivity contribution < 1.29 is 4.74 Å². The lowest BCUT2D eigenvalue weighted by Crippen LogP contribution is -2.21. The summed E-state index contributed by atoms with van der Waals surface area (Å²) >= 11 is 0. The maximum atomic E-state index is 5.21. The van der Waals surface area contributed by atoms with Crippen molar-refractivity contribution in [2.75, 3.05) is 13.7 Å². The minimum absolute atomic E-state index is 0.733. The quantitative estimate of drug-likeness (QED) is 0.815. The van der Waals surface area contributed by atoms with Gasteiger partial charge in [-0.2, -0.15) is 0 Å². The van der Waals surface area contributed by atoms with Crippen molar-refractivity contribution in [1.82, 2.24) is 5.32 Å². The van der Waals surface area contributed by atoms with Gasteiger partial charge in [-0.05, 0) is 49.9 Å². The van der Waals surface area contributed by atoms with E-state index in [1.807, 2.05) is 6.07 Å². The highest BCUT2D eigenvalue weighted by Gasteiger charge is 2.13. The summed E-state index contributed by atoms with van der Waals surface area (Å²) in [6, 6.07) is 9.11. The second-order valence-electron chi connectivity index (χ2n) is 4.18. The molecule has 0 radical (unpaired) electrons. The number of methoxy groups -OCH3 is 1. The first kappa shape index (κ1) is 10.5. The highest BCUT2D eigenvalue weighted by molar-refractivity contribution is 5.28. The smallest absolute Gasteiger partial charge is 0.119 e. The normalized spacial score (nSPS) is 20.5. The van der Waals surface area contributed by atoms with Crippen molar-refractivity contribution >= 4 is 0 Å². The summed E-state index contributed by atoms with van der Waals surface area (Å²) < 4.78 is 5.21. The Morgan fingerprint density at radius 1 is 1.47 bits per heavy atom. The molecular formula is C13H19NO. The van der Waals surface area contributed by atoms with Crippen LogP contribution in [-0.4, -0.2) is 19.7 Å². The van der Waals surface area contributed by atoms with Crippen molar-refractivity contribution in [2.24, 2.45) is 0 Å². The predicted molar refractivity (Wildman–Crippen MR) is 62.3 cm³/mol. The fourth-order valence-corrected chi connectivity index (χ4v) is 2.17. The van der Waals surface area contributed by atoms with E-state index < -0.39 is 0 Å². The molecule has 1 aromatic rings. The molecule has 1 fully saturated rings.